The molecule has 1 aromatic rings. The Morgan fingerprint density at radius 3 is 2.50 bits per heavy atom. The molecule has 1 unspecified atom stereocenters. The van der Waals surface area contributed by atoms with E-state index in [-0.39, 0.29) is 11.6 Å². The molecule has 1 saturated heterocycles. The topological polar surface area (TPSA) is 70.2 Å². The first-order valence-electron chi connectivity index (χ1n) is 7.08. The van der Waals surface area contributed by atoms with E-state index < -0.39 is 10.0 Å². The summed E-state index contributed by atoms with van der Waals surface area (Å²) in [6.45, 7) is 4.11. The van der Waals surface area contributed by atoms with Crippen LogP contribution in [0.25, 0.3) is 0 Å². The maximum Gasteiger partial charge on any atom is 0.240 e. The van der Waals surface area contributed by atoms with Crippen LogP contribution in [0.1, 0.15) is 26.2 Å². The van der Waals surface area contributed by atoms with E-state index in [0.29, 0.717) is 4.90 Å². The molecule has 1 atom stereocenters. The summed E-state index contributed by atoms with van der Waals surface area (Å²) >= 11 is 0. The monoisotopic (exact) mass is 295 g/mol. The molecule has 0 bridgehead atoms. The van der Waals surface area contributed by atoms with Crippen molar-refractivity contribution < 1.29 is 8.42 Å². The van der Waals surface area contributed by atoms with Crippen molar-refractivity contribution in [2.45, 2.75) is 42.7 Å². The molecule has 3 N–H and O–H groups in total. The van der Waals surface area contributed by atoms with E-state index in [4.69, 9.17) is 0 Å². The van der Waals surface area contributed by atoms with Crippen molar-refractivity contribution in [1.29, 1.82) is 0 Å². The first kappa shape index (κ1) is 13.9. The number of nitrogens with one attached hydrogen (secondary N) is 3. The lowest BCUT2D eigenvalue weighted by atomic mass is 10.0. The zero-order valence-corrected chi connectivity index (χ0v) is 12.5. The highest BCUT2D eigenvalue weighted by Gasteiger charge is 2.29. The van der Waals surface area contributed by atoms with Crippen LogP contribution in [0.5, 0.6) is 0 Å². The van der Waals surface area contributed by atoms with Crippen molar-refractivity contribution in [2.24, 2.45) is 0 Å². The van der Waals surface area contributed by atoms with Crippen molar-refractivity contribution in [2.75, 3.05) is 18.4 Å². The minimum atomic E-state index is -3.35. The molecule has 0 spiro atoms. The second-order valence-corrected chi connectivity index (χ2v) is 7.75. The van der Waals surface area contributed by atoms with Gasteiger partial charge in [-0.05, 0) is 57.0 Å². The van der Waals surface area contributed by atoms with Gasteiger partial charge in [-0.15, -0.1) is 0 Å². The fraction of sp³-hybridized carbons (Fsp3) is 0.571. The zero-order chi connectivity index (χ0) is 14.2. The standard InChI is InChI=1S/C14H21N3O2S/c1-14(8-9-15-10-14)16-11-4-6-13(7-5-11)20(18,19)17-12-2-3-12/h4-7,12,15-17H,2-3,8-10H2,1H3. The van der Waals surface area contributed by atoms with Gasteiger partial charge in [-0.3, -0.25) is 0 Å². The molecule has 0 amide bonds. The van der Waals surface area contributed by atoms with E-state index in [2.05, 4.69) is 22.3 Å². The third kappa shape index (κ3) is 3.13. The quantitative estimate of drug-likeness (QED) is 0.765. The van der Waals surface area contributed by atoms with Crippen molar-refractivity contribution in [1.82, 2.24) is 10.0 Å². The highest BCUT2D eigenvalue weighted by Crippen LogP contribution is 2.24. The summed E-state index contributed by atoms with van der Waals surface area (Å²) in [5, 5.41) is 6.80. The van der Waals surface area contributed by atoms with Gasteiger partial charge in [-0.1, -0.05) is 0 Å². The van der Waals surface area contributed by atoms with E-state index in [1.54, 1.807) is 12.1 Å². The van der Waals surface area contributed by atoms with E-state index in [9.17, 15) is 8.42 Å². The number of sulfonamides is 1. The van der Waals surface area contributed by atoms with Gasteiger partial charge in [0.1, 0.15) is 0 Å². The Labute approximate surface area is 120 Å². The first-order chi connectivity index (χ1) is 9.47. The predicted octanol–water partition coefficient (Wildman–Crippen LogP) is 1.29. The molecule has 1 aromatic carbocycles. The minimum absolute atomic E-state index is 0.0483. The van der Waals surface area contributed by atoms with Crippen LogP contribution >= 0.6 is 0 Å². The zero-order valence-electron chi connectivity index (χ0n) is 11.6. The SMILES string of the molecule is CC1(Nc2ccc(S(=O)(=O)NC3CC3)cc2)CCNC1. The van der Waals surface area contributed by atoms with Crippen LogP contribution in [-0.4, -0.2) is 33.1 Å². The molecule has 3 rings (SSSR count). The molecule has 1 aliphatic carbocycles. The molecular formula is C14H21N3O2S. The molecule has 1 saturated carbocycles. The van der Waals surface area contributed by atoms with Gasteiger partial charge in [0.05, 0.1) is 4.90 Å². The van der Waals surface area contributed by atoms with Gasteiger partial charge in [-0.25, -0.2) is 13.1 Å². The first-order valence-corrected chi connectivity index (χ1v) is 8.57. The molecule has 2 aliphatic rings. The molecule has 6 heteroatoms. The third-order valence-corrected chi connectivity index (χ3v) is 5.42. The van der Waals surface area contributed by atoms with Crippen LogP contribution in [0.4, 0.5) is 5.69 Å². The average Bonchev–Trinajstić information content (AvgIpc) is 3.09. The minimum Gasteiger partial charge on any atom is -0.379 e. The van der Waals surface area contributed by atoms with Gasteiger partial charge >= 0.3 is 0 Å². The predicted molar refractivity (Wildman–Crippen MR) is 79.3 cm³/mol. The molecular weight excluding hydrogens is 274 g/mol. The second-order valence-electron chi connectivity index (χ2n) is 6.03. The third-order valence-electron chi connectivity index (χ3n) is 3.88. The number of benzene rings is 1. The summed E-state index contributed by atoms with van der Waals surface area (Å²) in [4.78, 5) is 0.338. The molecule has 1 heterocycles. The van der Waals surface area contributed by atoms with Gasteiger partial charge in [0.25, 0.3) is 0 Å². The fourth-order valence-corrected chi connectivity index (χ4v) is 3.78. The lowest BCUT2D eigenvalue weighted by molar-refractivity contribution is 0.567. The molecule has 0 aromatic heterocycles. The molecule has 5 nitrogen and oxygen atoms in total. The van der Waals surface area contributed by atoms with Gasteiger partial charge in [0, 0.05) is 23.8 Å². The highest BCUT2D eigenvalue weighted by molar-refractivity contribution is 7.89. The maximum atomic E-state index is 12.1. The molecule has 2 fully saturated rings. The fourth-order valence-electron chi connectivity index (χ4n) is 2.48. The number of rotatable bonds is 5. The summed E-state index contributed by atoms with van der Waals surface area (Å²) in [6, 6.07) is 7.15. The van der Waals surface area contributed by atoms with Crippen molar-refractivity contribution in [3.63, 3.8) is 0 Å². The van der Waals surface area contributed by atoms with Crippen LogP contribution in [0, 0.1) is 0 Å². The Balaban J connectivity index is 1.70. The van der Waals surface area contributed by atoms with Crippen LogP contribution in [0.15, 0.2) is 29.2 Å². The number of hydrogen-bond donors (Lipinski definition) is 3. The van der Waals surface area contributed by atoms with E-state index in [1.165, 1.54) is 0 Å². The van der Waals surface area contributed by atoms with Crippen LogP contribution in [0.2, 0.25) is 0 Å². The van der Waals surface area contributed by atoms with Crippen molar-refractivity contribution in [3.05, 3.63) is 24.3 Å². The molecule has 110 valence electrons. The average molecular weight is 295 g/mol. The number of hydrogen-bond acceptors (Lipinski definition) is 4. The summed E-state index contributed by atoms with van der Waals surface area (Å²) in [6.07, 6.45) is 2.96. The van der Waals surface area contributed by atoms with Gasteiger partial charge < -0.3 is 10.6 Å². The summed E-state index contributed by atoms with van der Waals surface area (Å²) in [5.74, 6) is 0. The maximum absolute atomic E-state index is 12.1. The van der Waals surface area contributed by atoms with Crippen molar-refractivity contribution in [3.8, 4) is 0 Å². The van der Waals surface area contributed by atoms with E-state index in [0.717, 1.165) is 38.0 Å². The van der Waals surface area contributed by atoms with E-state index in [1.807, 2.05) is 12.1 Å². The normalized spacial score (nSPS) is 26.6. The molecule has 0 radical (unpaired) electrons. The Morgan fingerprint density at radius 1 is 1.25 bits per heavy atom. The Morgan fingerprint density at radius 2 is 1.95 bits per heavy atom. The summed E-state index contributed by atoms with van der Waals surface area (Å²) in [7, 11) is -3.35. The number of anilines is 1. The second kappa shape index (κ2) is 5.02. The Hall–Kier alpha value is -1.11. The summed E-state index contributed by atoms with van der Waals surface area (Å²) in [5.41, 5.74) is 1.01. The highest BCUT2D eigenvalue weighted by atomic mass is 32.2. The summed E-state index contributed by atoms with van der Waals surface area (Å²) < 4.78 is 26.8. The van der Waals surface area contributed by atoms with E-state index >= 15 is 0 Å². The van der Waals surface area contributed by atoms with Crippen LogP contribution in [0.3, 0.4) is 0 Å². The molecule has 1 aliphatic heterocycles. The largest absolute Gasteiger partial charge is 0.379 e. The van der Waals surface area contributed by atoms with Gasteiger partial charge in [-0.2, -0.15) is 0 Å². The van der Waals surface area contributed by atoms with Crippen LogP contribution < -0.4 is 15.4 Å². The smallest absolute Gasteiger partial charge is 0.240 e. The lowest BCUT2D eigenvalue weighted by Crippen LogP contribution is -2.36. The molecule has 20 heavy (non-hydrogen) atoms. The lowest BCUT2D eigenvalue weighted by Gasteiger charge is -2.26. The Kier molecular flexibility index (Phi) is 3.48. The van der Waals surface area contributed by atoms with Crippen LogP contribution in [-0.2, 0) is 10.0 Å². The van der Waals surface area contributed by atoms with Crippen molar-refractivity contribution >= 4 is 15.7 Å². The van der Waals surface area contributed by atoms with Gasteiger partial charge in [0.15, 0.2) is 0 Å². The Bertz CT molecular complexity index is 573. The van der Waals surface area contributed by atoms with Gasteiger partial charge in [0.2, 0.25) is 10.0 Å².